The average Bonchev–Trinajstić information content (AvgIpc) is 3.05. The van der Waals surface area contributed by atoms with E-state index in [0.717, 1.165) is 60.5 Å². The van der Waals surface area contributed by atoms with Crippen LogP contribution in [0.3, 0.4) is 0 Å². The lowest BCUT2D eigenvalue weighted by atomic mass is 9.72. The maximum atomic E-state index is 12.4. The van der Waals surface area contributed by atoms with Crippen LogP contribution in [0.15, 0.2) is 78.9 Å². The zero-order valence-electron chi connectivity index (χ0n) is 26.1. The van der Waals surface area contributed by atoms with Crippen molar-refractivity contribution < 1.29 is 54.1 Å². The normalized spacial score (nSPS) is 16.5. The third kappa shape index (κ3) is 10.4. The molecule has 0 aliphatic carbocycles. The molecule has 0 bridgehead atoms. The van der Waals surface area contributed by atoms with E-state index >= 15 is 0 Å². The molecule has 3 unspecified atom stereocenters. The van der Waals surface area contributed by atoms with Crippen LogP contribution in [-0.4, -0.2) is 74.4 Å². The summed E-state index contributed by atoms with van der Waals surface area (Å²) < 4.78 is 17.4. The Morgan fingerprint density at radius 2 is 1.40 bits per heavy atom. The third-order valence-corrected chi connectivity index (χ3v) is 7.89. The molecule has 0 aromatic heterocycles. The maximum Gasteiger partial charge on any atom is 0.336 e. The molecule has 3 atom stereocenters. The fraction of sp³-hybridized carbons (Fsp3) is 0.400. The van der Waals surface area contributed by atoms with Gasteiger partial charge in [-0.3, -0.25) is 9.59 Å². The molecule has 5 N–H and O–H groups in total. The van der Waals surface area contributed by atoms with Crippen molar-refractivity contribution in [3.8, 4) is 11.5 Å². The summed E-state index contributed by atoms with van der Waals surface area (Å²) in [7, 11) is 0. The second-order valence-electron chi connectivity index (χ2n) is 11.1. The van der Waals surface area contributed by atoms with Crippen LogP contribution in [-0.2, 0) is 24.7 Å². The molecule has 1 saturated heterocycles. The molecule has 254 valence electrons. The van der Waals surface area contributed by atoms with Crippen LogP contribution < -0.4 is 9.47 Å². The van der Waals surface area contributed by atoms with Crippen molar-refractivity contribution in [2.24, 2.45) is 0 Å². The number of hydrogen-bond donors (Lipinski definition) is 5. The van der Waals surface area contributed by atoms with Crippen molar-refractivity contribution in [1.29, 1.82) is 0 Å². The van der Waals surface area contributed by atoms with E-state index in [1.165, 1.54) is 0 Å². The summed E-state index contributed by atoms with van der Waals surface area (Å²) in [4.78, 5) is 30.5. The van der Waals surface area contributed by atoms with Gasteiger partial charge in [-0.1, -0.05) is 61.5 Å². The van der Waals surface area contributed by atoms with Gasteiger partial charge in [-0.15, -0.1) is 11.6 Å². The van der Waals surface area contributed by atoms with Gasteiger partial charge in [-0.25, -0.2) is 4.79 Å². The predicted molar refractivity (Wildman–Crippen MR) is 173 cm³/mol. The van der Waals surface area contributed by atoms with Gasteiger partial charge >= 0.3 is 17.9 Å². The second-order valence-corrected chi connectivity index (χ2v) is 11.5. The summed E-state index contributed by atoms with van der Waals surface area (Å²) in [5.41, 5.74) is -1.26. The van der Waals surface area contributed by atoms with E-state index in [-0.39, 0.29) is 12.2 Å². The number of carboxylic acids is 3. The van der Waals surface area contributed by atoms with E-state index in [1.54, 1.807) is 0 Å². The van der Waals surface area contributed by atoms with Gasteiger partial charge < -0.3 is 39.7 Å². The quantitative estimate of drug-likeness (QED) is 0.131. The number of aliphatic carboxylic acids is 3. The molecule has 0 spiro atoms. The zero-order chi connectivity index (χ0) is 34.5. The van der Waals surface area contributed by atoms with Gasteiger partial charge in [0.1, 0.15) is 23.7 Å². The van der Waals surface area contributed by atoms with E-state index < -0.39 is 42.0 Å². The molecule has 3 aromatic rings. The van der Waals surface area contributed by atoms with Gasteiger partial charge in [0.15, 0.2) is 11.9 Å². The summed E-state index contributed by atoms with van der Waals surface area (Å²) >= 11 is 5.75. The van der Waals surface area contributed by atoms with Crippen LogP contribution in [0.1, 0.15) is 68.1 Å². The van der Waals surface area contributed by atoms with Gasteiger partial charge in [0.25, 0.3) is 0 Å². The van der Waals surface area contributed by atoms with Crippen molar-refractivity contribution in [3.05, 3.63) is 95.6 Å². The van der Waals surface area contributed by atoms with Crippen molar-refractivity contribution >= 4 is 29.5 Å². The Labute approximate surface area is 278 Å². The summed E-state index contributed by atoms with van der Waals surface area (Å²) in [6.07, 6.45) is 1.37. The average molecular weight is 673 g/mol. The molecule has 11 nitrogen and oxygen atoms in total. The first-order valence-electron chi connectivity index (χ1n) is 15.3. The van der Waals surface area contributed by atoms with Crippen LogP contribution in [0.4, 0.5) is 0 Å². The highest BCUT2D eigenvalue weighted by Crippen LogP contribution is 2.45. The molecule has 1 aliphatic rings. The van der Waals surface area contributed by atoms with E-state index in [1.807, 2.05) is 66.7 Å². The van der Waals surface area contributed by atoms with Crippen molar-refractivity contribution in [3.63, 3.8) is 0 Å². The second kappa shape index (κ2) is 17.7. The summed E-state index contributed by atoms with van der Waals surface area (Å²) in [5.74, 6) is -3.25. The number of alkyl halides is 1. The van der Waals surface area contributed by atoms with Gasteiger partial charge in [0, 0.05) is 12.3 Å². The molecule has 1 heterocycles. The third-order valence-electron chi connectivity index (χ3n) is 7.74. The molecular formula is C35H41ClO11. The van der Waals surface area contributed by atoms with Gasteiger partial charge in [0.05, 0.1) is 25.3 Å². The fourth-order valence-corrected chi connectivity index (χ4v) is 5.52. The van der Waals surface area contributed by atoms with Crippen LogP contribution in [0.5, 0.6) is 11.5 Å². The number of benzene rings is 3. The van der Waals surface area contributed by atoms with Crippen molar-refractivity contribution in [2.45, 2.75) is 68.9 Å². The summed E-state index contributed by atoms with van der Waals surface area (Å²) in [5, 5.41) is 46.2. The minimum Gasteiger partial charge on any atom is -0.492 e. The molecule has 12 heteroatoms. The molecule has 1 aliphatic heterocycles. The van der Waals surface area contributed by atoms with Crippen LogP contribution in [0.2, 0.25) is 0 Å². The number of carboxylic acid groups (broad SMARTS) is 3. The van der Waals surface area contributed by atoms with E-state index in [4.69, 9.17) is 46.2 Å². The van der Waals surface area contributed by atoms with Gasteiger partial charge in [-0.2, -0.15) is 0 Å². The minimum atomic E-state index is -2.74. The maximum absolute atomic E-state index is 12.4. The SMILES string of the molecule is CCC(c1ccccc1)C(O)(c1ccc(OCCCl)cc1)c1ccc(OC2CCCCO2)cc1.O=C(O)CC(O)(CC(=O)O)C(=O)O. The highest BCUT2D eigenvalue weighted by Gasteiger charge is 2.41. The highest BCUT2D eigenvalue weighted by molar-refractivity contribution is 6.18. The van der Waals surface area contributed by atoms with Gasteiger partial charge in [-0.05, 0) is 60.2 Å². The Hall–Kier alpha value is -4.16. The van der Waals surface area contributed by atoms with Crippen molar-refractivity contribution in [1.82, 2.24) is 0 Å². The number of halogens is 1. The summed E-state index contributed by atoms with van der Waals surface area (Å²) in [6.45, 7) is 3.29. The topological polar surface area (TPSA) is 180 Å². The molecule has 3 aromatic carbocycles. The number of hydrogen-bond acceptors (Lipinski definition) is 8. The first-order chi connectivity index (χ1) is 22.4. The Morgan fingerprint density at radius 3 is 1.85 bits per heavy atom. The monoisotopic (exact) mass is 672 g/mol. The van der Waals surface area contributed by atoms with Gasteiger partial charge in [0.2, 0.25) is 0 Å². The molecular weight excluding hydrogens is 632 g/mol. The van der Waals surface area contributed by atoms with E-state index in [9.17, 15) is 19.5 Å². The Balaban J connectivity index is 0.000000392. The van der Waals surface area contributed by atoms with Crippen LogP contribution in [0.25, 0.3) is 0 Å². The molecule has 0 amide bonds. The smallest absolute Gasteiger partial charge is 0.336 e. The molecule has 1 fully saturated rings. The molecule has 4 rings (SSSR count). The Morgan fingerprint density at radius 1 is 0.851 bits per heavy atom. The van der Waals surface area contributed by atoms with E-state index in [0.29, 0.717) is 12.5 Å². The minimum absolute atomic E-state index is 0.142. The number of aliphatic hydroxyl groups is 2. The van der Waals surface area contributed by atoms with Crippen molar-refractivity contribution in [2.75, 3.05) is 19.1 Å². The number of carbonyl (C=O) groups is 3. The zero-order valence-corrected chi connectivity index (χ0v) is 26.8. The largest absolute Gasteiger partial charge is 0.492 e. The molecule has 0 radical (unpaired) electrons. The Kier molecular flexibility index (Phi) is 14.0. The lowest BCUT2D eigenvalue weighted by Gasteiger charge is -2.37. The summed E-state index contributed by atoms with van der Waals surface area (Å²) in [6, 6.07) is 25.6. The lowest BCUT2D eigenvalue weighted by Crippen LogP contribution is -2.42. The first kappa shape index (κ1) is 37.3. The van der Waals surface area contributed by atoms with Crippen LogP contribution >= 0.6 is 11.6 Å². The van der Waals surface area contributed by atoms with Crippen LogP contribution in [0, 0.1) is 0 Å². The predicted octanol–water partition coefficient (Wildman–Crippen LogP) is 5.39. The highest BCUT2D eigenvalue weighted by atomic mass is 35.5. The first-order valence-corrected chi connectivity index (χ1v) is 15.8. The fourth-order valence-electron chi connectivity index (χ4n) is 5.45. The standard InChI is InChI=1S/C29H33ClO4.C6H8O7/c1-2-27(22-8-4-3-5-9-22)29(31,23-11-15-25(16-12-23)32-21-19-30)24-13-17-26(18-14-24)34-28-10-6-7-20-33-28;7-3(8)1-6(13,5(11)12)2-4(9)10/h3-5,8-9,11-18,27-28,31H,2,6-7,10,19-21H2,1H3;13H,1-2H2,(H,7,8)(H,9,10)(H,11,12). The Bertz CT molecular complexity index is 1410. The van der Waals surface area contributed by atoms with E-state index in [2.05, 4.69) is 19.1 Å². The molecule has 47 heavy (non-hydrogen) atoms. The number of rotatable bonds is 15. The lowest BCUT2D eigenvalue weighted by molar-refractivity contribution is -0.170. The number of ether oxygens (including phenoxy) is 3. The molecule has 0 saturated carbocycles.